The van der Waals surface area contributed by atoms with Gasteiger partial charge in [-0.3, -0.25) is 4.90 Å². The summed E-state index contributed by atoms with van der Waals surface area (Å²) in [4.78, 5) is 10.3. The first-order valence-electron chi connectivity index (χ1n) is 4.86. The molecule has 76 valence electrons. The quantitative estimate of drug-likeness (QED) is 0.738. The monoisotopic (exact) mass is 193 g/mol. The van der Waals surface area contributed by atoms with Crippen molar-refractivity contribution in [2.24, 2.45) is 0 Å². The van der Waals surface area contributed by atoms with Crippen LogP contribution in [0.25, 0.3) is 0 Å². The van der Waals surface area contributed by atoms with Gasteiger partial charge in [0, 0.05) is 31.5 Å². The van der Waals surface area contributed by atoms with Crippen LogP contribution in [0, 0.1) is 0 Å². The molecule has 0 bridgehead atoms. The van der Waals surface area contributed by atoms with E-state index < -0.39 is 5.60 Å². The summed E-state index contributed by atoms with van der Waals surface area (Å²) in [6, 6.07) is 2.23. The van der Waals surface area contributed by atoms with Crippen LogP contribution in [0.3, 0.4) is 0 Å². The third-order valence-electron chi connectivity index (χ3n) is 2.64. The third-order valence-corrected chi connectivity index (χ3v) is 2.64. The van der Waals surface area contributed by atoms with Gasteiger partial charge in [-0.15, -0.1) is 0 Å². The minimum atomic E-state index is -0.828. The van der Waals surface area contributed by atoms with Crippen molar-refractivity contribution in [2.45, 2.75) is 25.5 Å². The van der Waals surface area contributed by atoms with E-state index in [9.17, 15) is 5.11 Å². The Hall–Kier alpha value is -1.00. The molecule has 1 aliphatic rings. The maximum Gasteiger partial charge on any atom is 0.162 e. The van der Waals surface area contributed by atoms with Crippen LogP contribution in [-0.2, 0) is 5.60 Å². The zero-order chi connectivity index (χ0) is 10.2. The molecule has 4 heteroatoms. The number of nitrogens with zero attached hydrogens (tertiary/aromatic N) is 3. The average Bonchev–Trinajstić information content (AvgIpc) is 2.14. The van der Waals surface area contributed by atoms with Crippen molar-refractivity contribution in [2.75, 3.05) is 13.1 Å². The molecule has 1 fully saturated rings. The molecule has 14 heavy (non-hydrogen) atoms. The van der Waals surface area contributed by atoms with Gasteiger partial charge in [0.25, 0.3) is 0 Å². The van der Waals surface area contributed by atoms with E-state index in [0.29, 0.717) is 25.0 Å². The predicted molar refractivity (Wildman–Crippen MR) is 52.6 cm³/mol. The third kappa shape index (κ3) is 1.51. The van der Waals surface area contributed by atoms with Crippen molar-refractivity contribution in [3.63, 3.8) is 0 Å². The van der Waals surface area contributed by atoms with Gasteiger partial charge in [0.15, 0.2) is 5.82 Å². The number of hydrogen-bond donors (Lipinski definition) is 1. The Balaban J connectivity index is 2.08. The van der Waals surface area contributed by atoms with Crippen LogP contribution < -0.4 is 0 Å². The van der Waals surface area contributed by atoms with Crippen molar-refractivity contribution in [3.8, 4) is 0 Å². The van der Waals surface area contributed by atoms with Gasteiger partial charge in [-0.05, 0) is 19.9 Å². The molecule has 0 radical (unpaired) electrons. The van der Waals surface area contributed by atoms with E-state index in [0.717, 1.165) is 0 Å². The van der Waals surface area contributed by atoms with E-state index in [1.165, 1.54) is 0 Å². The Labute approximate surface area is 83.6 Å². The zero-order valence-electron chi connectivity index (χ0n) is 8.51. The second-order valence-corrected chi connectivity index (χ2v) is 4.10. The molecule has 0 amide bonds. The molecule has 1 saturated heterocycles. The van der Waals surface area contributed by atoms with Crippen LogP contribution >= 0.6 is 0 Å². The largest absolute Gasteiger partial charge is 0.379 e. The van der Waals surface area contributed by atoms with Gasteiger partial charge in [0.1, 0.15) is 5.60 Å². The number of rotatable bonds is 2. The molecule has 0 aromatic carbocycles. The second-order valence-electron chi connectivity index (χ2n) is 4.10. The van der Waals surface area contributed by atoms with Gasteiger partial charge >= 0.3 is 0 Å². The molecule has 1 aromatic heterocycles. The summed E-state index contributed by atoms with van der Waals surface area (Å²) in [5.74, 6) is 0.539. The van der Waals surface area contributed by atoms with Gasteiger partial charge in [0.05, 0.1) is 0 Å². The fourth-order valence-electron chi connectivity index (χ4n) is 1.67. The maximum absolute atomic E-state index is 10.1. The Morgan fingerprint density at radius 2 is 1.93 bits per heavy atom. The van der Waals surface area contributed by atoms with E-state index in [2.05, 4.69) is 28.7 Å². The van der Waals surface area contributed by atoms with E-state index in [-0.39, 0.29) is 0 Å². The standard InChI is InChI=1S/C10H15N3O/c1-8(2)13-6-10(14,7-13)9-11-4-3-5-12-9/h3-5,8,14H,6-7H2,1-2H3. The molecule has 1 N–H and O–H groups in total. The number of aliphatic hydroxyl groups is 1. The zero-order valence-corrected chi connectivity index (χ0v) is 8.51. The summed E-state index contributed by atoms with van der Waals surface area (Å²) in [6.45, 7) is 5.50. The molecule has 0 spiro atoms. The molecular formula is C10H15N3O. The van der Waals surface area contributed by atoms with Crippen molar-refractivity contribution < 1.29 is 5.11 Å². The summed E-state index contributed by atoms with van der Waals surface area (Å²) < 4.78 is 0. The molecule has 0 unspecified atom stereocenters. The lowest BCUT2D eigenvalue weighted by Crippen LogP contribution is -2.62. The Bertz CT molecular complexity index is 306. The highest BCUT2D eigenvalue weighted by Gasteiger charge is 2.45. The number of β-amino-alcohol motifs (C(OH)–C–C–N with tert-alkyl or cyclic N) is 1. The molecule has 1 aliphatic heterocycles. The van der Waals surface area contributed by atoms with Crippen LogP contribution in [0.2, 0.25) is 0 Å². The fourth-order valence-corrected chi connectivity index (χ4v) is 1.67. The van der Waals surface area contributed by atoms with Gasteiger partial charge < -0.3 is 5.11 Å². The molecule has 4 nitrogen and oxygen atoms in total. The van der Waals surface area contributed by atoms with Crippen molar-refractivity contribution in [1.82, 2.24) is 14.9 Å². The Kier molecular flexibility index (Phi) is 2.25. The first-order valence-corrected chi connectivity index (χ1v) is 4.86. The van der Waals surface area contributed by atoms with Crippen molar-refractivity contribution in [3.05, 3.63) is 24.3 Å². The summed E-state index contributed by atoms with van der Waals surface area (Å²) in [5, 5.41) is 10.1. The van der Waals surface area contributed by atoms with Crippen LogP contribution in [0.4, 0.5) is 0 Å². The summed E-state index contributed by atoms with van der Waals surface area (Å²) in [6.07, 6.45) is 3.33. The average molecular weight is 193 g/mol. The van der Waals surface area contributed by atoms with E-state index in [1.807, 2.05) is 0 Å². The Morgan fingerprint density at radius 1 is 1.36 bits per heavy atom. The lowest BCUT2D eigenvalue weighted by atomic mass is 9.92. The SMILES string of the molecule is CC(C)N1CC(O)(c2ncccn2)C1. The summed E-state index contributed by atoms with van der Waals surface area (Å²) in [5.41, 5.74) is -0.828. The summed E-state index contributed by atoms with van der Waals surface area (Å²) in [7, 11) is 0. The lowest BCUT2D eigenvalue weighted by molar-refractivity contribution is -0.122. The normalized spacial score (nSPS) is 20.9. The van der Waals surface area contributed by atoms with Crippen LogP contribution in [0.5, 0.6) is 0 Å². The van der Waals surface area contributed by atoms with E-state index in [4.69, 9.17) is 0 Å². The lowest BCUT2D eigenvalue weighted by Gasteiger charge is -2.47. The first-order chi connectivity index (χ1) is 6.62. The van der Waals surface area contributed by atoms with Gasteiger partial charge in [0.2, 0.25) is 0 Å². The number of aromatic nitrogens is 2. The minimum absolute atomic E-state index is 0.471. The van der Waals surface area contributed by atoms with E-state index >= 15 is 0 Å². The predicted octanol–water partition coefficient (Wildman–Crippen LogP) is 0.388. The molecule has 1 aromatic rings. The molecular weight excluding hydrogens is 178 g/mol. The molecule has 0 atom stereocenters. The molecule has 0 aliphatic carbocycles. The Morgan fingerprint density at radius 3 is 2.43 bits per heavy atom. The van der Waals surface area contributed by atoms with Crippen LogP contribution in [-0.4, -0.2) is 39.1 Å². The molecule has 2 rings (SSSR count). The van der Waals surface area contributed by atoms with E-state index in [1.54, 1.807) is 18.5 Å². The maximum atomic E-state index is 10.1. The van der Waals surface area contributed by atoms with Crippen LogP contribution in [0.15, 0.2) is 18.5 Å². The highest BCUT2D eigenvalue weighted by Crippen LogP contribution is 2.30. The number of hydrogen-bond acceptors (Lipinski definition) is 4. The molecule has 0 saturated carbocycles. The minimum Gasteiger partial charge on any atom is -0.379 e. The fraction of sp³-hybridized carbons (Fsp3) is 0.600. The van der Waals surface area contributed by atoms with Crippen LogP contribution in [0.1, 0.15) is 19.7 Å². The topological polar surface area (TPSA) is 49.2 Å². The smallest absolute Gasteiger partial charge is 0.162 e. The van der Waals surface area contributed by atoms with Crippen molar-refractivity contribution in [1.29, 1.82) is 0 Å². The number of likely N-dealkylation sites (tertiary alicyclic amines) is 1. The van der Waals surface area contributed by atoms with Crippen molar-refractivity contribution >= 4 is 0 Å². The molecule has 2 heterocycles. The second kappa shape index (κ2) is 3.29. The highest BCUT2D eigenvalue weighted by molar-refractivity contribution is 5.10. The summed E-state index contributed by atoms with van der Waals surface area (Å²) >= 11 is 0. The highest BCUT2D eigenvalue weighted by atomic mass is 16.3. The van der Waals surface area contributed by atoms with Gasteiger partial charge in [-0.1, -0.05) is 0 Å². The van der Waals surface area contributed by atoms with Gasteiger partial charge in [-0.25, -0.2) is 9.97 Å². The first kappa shape index (κ1) is 9.55. The van der Waals surface area contributed by atoms with Gasteiger partial charge in [-0.2, -0.15) is 0 Å².